The third-order valence-electron chi connectivity index (χ3n) is 4.94. The van der Waals surface area contributed by atoms with Crippen LogP contribution in [0.3, 0.4) is 0 Å². The number of piperidine rings is 1. The van der Waals surface area contributed by atoms with Gasteiger partial charge in [-0.25, -0.2) is 0 Å². The largest absolute Gasteiger partial charge is 0.494 e. The molecule has 1 amide bonds. The molecular weight excluding hydrogens is 352 g/mol. The first-order valence-electron chi connectivity index (χ1n) is 10.1. The molecule has 1 aliphatic rings. The van der Waals surface area contributed by atoms with Gasteiger partial charge in [0, 0.05) is 42.9 Å². The number of amides is 1. The van der Waals surface area contributed by atoms with Crippen LogP contribution in [0.25, 0.3) is 0 Å². The second-order valence-corrected chi connectivity index (χ2v) is 7.02. The number of benzene rings is 2. The van der Waals surface area contributed by atoms with Crippen molar-refractivity contribution >= 4 is 23.1 Å². The molecule has 0 bridgehead atoms. The molecule has 2 aromatic rings. The van der Waals surface area contributed by atoms with E-state index in [4.69, 9.17) is 4.74 Å². The highest BCUT2D eigenvalue weighted by Crippen LogP contribution is 2.22. The van der Waals surface area contributed by atoms with Crippen LogP contribution >= 0.6 is 0 Å². The summed E-state index contributed by atoms with van der Waals surface area (Å²) in [5.74, 6) is 0.549. The molecule has 0 aliphatic carbocycles. The molecule has 0 saturated carbocycles. The Bertz CT molecular complexity index is 778. The first-order valence-corrected chi connectivity index (χ1v) is 10.1. The molecule has 1 aliphatic heterocycles. The highest BCUT2D eigenvalue weighted by atomic mass is 16.5. The van der Waals surface area contributed by atoms with Gasteiger partial charge in [0.15, 0.2) is 5.78 Å². The Morgan fingerprint density at radius 2 is 1.61 bits per heavy atom. The lowest BCUT2D eigenvalue weighted by molar-refractivity contribution is -0.116. The van der Waals surface area contributed by atoms with Crippen LogP contribution in [-0.4, -0.2) is 31.4 Å². The van der Waals surface area contributed by atoms with Gasteiger partial charge in [0.2, 0.25) is 5.91 Å². The van der Waals surface area contributed by atoms with E-state index >= 15 is 0 Å². The van der Waals surface area contributed by atoms with Gasteiger partial charge >= 0.3 is 0 Å². The molecule has 0 unspecified atom stereocenters. The van der Waals surface area contributed by atoms with E-state index in [0.29, 0.717) is 12.2 Å². The van der Waals surface area contributed by atoms with Crippen LogP contribution in [0.4, 0.5) is 11.4 Å². The first-order chi connectivity index (χ1) is 13.7. The molecule has 0 spiro atoms. The molecule has 28 heavy (non-hydrogen) atoms. The van der Waals surface area contributed by atoms with Gasteiger partial charge in [-0.3, -0.25) is 9.59 Å². The molecule has 5 heteroatoms. The minimum atomic E-state index is -0.148. The van der Waals surface area contributed by atoms with E-state index in [2.05, 4.69) is 10.2 Å². The van der Waals surface area contributed by atoms with Crippen LogP contribution in [-0.2, 0) is 4.79 Å². The Labute approximate surface area is 166 Å². The van der Waals surface area contributed by atoms with Crippen LogP contribution in [0.2, 0.25) is 0 Å². The Balaban J connectivity index is 1.46. The van der Waals surface area contributed by atoms with Crippen molar-refractivity contribution in [3.05, 3.63) is 54.1 Å². The quantitative estimate of drug-likeness (QED) is 0.676. The number of ketones is 1. The lowest BCUT2D eigenvalue weighted by atomic mass is 10.1. The Morgan fingerprint density at radius 3 is 2.25 bits per heavy atom. The molecule has 1 heterocycles. The Hall–Kier alpha value is -2.82. The number of hydrogen-bond acceptors (Lipinski definition) is 4. The molecule has 0 radical (unpaired) electrons. The molecule has 0 atom stereocenters. The SMILES string of the molecule is CCOc1ccc(C(=O)CCC(=O)Nc2ccc(N3CCCCC3)cc2)cc1. The third-order valence-corrected chi connectivity index (χ3v) is 4.94. The van der Waals surface area contributed by atoms with Crippen LogP contribution < -0.4 is 15.0 Å². The summed E-state index contributed by atoms with van der Waals surface area (Å²) in [5.41, 5.74) is 2.56. The number of nitrogens with zero attached hydrogens (tertiary/aromatic N) is 1. The second kappa shape index (κ2) is 9.93. The van der Waals surface area contributed by atoms with Crippen molar-refractivity contribution in [3.8, 4) is 5.75 Å². The number of Topliss-reactive ketones (excluding diaryl/α,β-unsaturated/α-hetero) is 1. The van der Waals surface area contributed by atoms with Crippen molar-refractivity contribution in [1.29, 1.82) is 0 Å². The summed E-state index contributed by atoms with van der Waals surface area (Å²) in [6.07, 6.45) is 4.13. The summed E-state index contributed by atoms with van der Waals surface area (Å²) in [5, 5.41) is 2.88. The van der Waals surface area contributed by atoms with Gasteiger partial charge in [-0.15, -0.1) is 0 Å². The molecule has 5 nitrogen and oxygen atoms in total. The monoisotopic (exact) mass is 380 g/mol. The summed E-state index contributed by atoms with van der Waals surface area (Å²) >= 11 is 0. The third kappa shape index (κ3) is 5.59. The average molecular weight is 380 g/mol. The van der Waals surface area contributed by atoms with Crippen molar-refractivity contribution < 1.29 is 14.3 Å². The highest BCUT2D eigenvalue weighted by molar-refractivity contribution is 6.00. The van der Waals surface area contributed by atoms with Gasteiger partial charge in [-0.2, -0.15) is 0 Å². The van der Waals surface area contributed by atoms with E-state index < -0.39 is 0 Å². The van der Waals surface area contributed by atoms with Crippen molar-refractivity contribution in [2.24, 2.45) is 0 Å². The molecular formula is C23H28N2O3. The molecule has 0 aromatic heterocycles. The normalized spacial score (nSPS) is 13.8. The number of hydrogen-bond donors (Lipinski definition) is 1. The van der Waals surface area contributed by atoms with Crippen molar-refractivity contribution in [1.82, 2.24) is 0 Å². The predicted octanol–water partition coefficient (Wildman–Crippen LogP) is 4.68. The van der Waals surface area contributed by atoms with E-state index in [1.807, 2.05) is 31.2 Å². The number of anilines is 2. The number of nitrogens with one attached hydrogen (secondary N) is 1. The number of carbonyl (C=O) groups excluding carboxylic acids is 2. The molecule has 3 rings (SSSR count). The lowest BCUT2D eigenvalue weighted by Gasteiger charge is -2.28. The van der Waals surface area contributed by atoms with Gasteiger partial charge in [-0.05, 0) is 74.7 Å². The maximum Gasteiger partial charge on any atom is 0.224 e. The fourth-order valence-corrected chi connectivity index (χ4v) is 3.41. The Morgan fingerprint density at radius 1 is 0.929 bits per heavy atom. The number of ether oxygens (including phenoxy) is 1. The molecule has 2 aromatic carbocycles. The maximum absolute atomic E-state index is 12.3. The van der Waals surface area contributed by atoms with Gasteiger partial charge in [0.1, 0.15) is 5.75 Å². The van der Waals surface area contributed by atoms with Crippen LogP contribution in [0, 0.1) is 0 Å². The lowest BCUT2D eigenvalue weighted by Crippen LogP contribution is -2.29. The second-order valence-electron chi connectivity index (χ2n) is 7.02. The molecule has 1 N–H and O–H groups in total. The van der Waals surface area contributed by atoms with Gasteiger partial charge in [-0.1, -0.05) is 0 Å². The minimum Gasteiger partial charge on any atom is -0.494 e. The zero-order valence-electron chi connectivity index (χ0n) is 16.4. The molecule has 1 saturated heterocycles. The highest BCUT2D eigenvalue weighted by Gasteiger charge is 2.12. The fraction of sp³-hybridized carbons (Fsp3) is 0.391. The predicted molar refractivity (Wildman–Crippen MR) is 112 cm³/mol. The zero-order chi connectivity index (χ0) is 19.8. The molecule has 148 valence electrons. The number of rotatable bonds is 8. The van der Waals surface area contributed by atoms with Gasteiger partial charge in [0.25, 0.3) is 0 Å². The summed E-state index contributed by atoms with van der Waals surface area (Å²) in [7, 11) is 0. The summed E-state index contributed by atoms with van der Waals surface area (Å²) in [6.45, 7) is 4.70. The van der Waals surface area contributed by atoms with E-state index in [9.17, 15) is 9.59 Å². The van der Waals surface area contributed by atoms with Crippen molar-refractivity contribution in [2.45, 2.75) is 39.0 Å². The van der Waals surface area contributed by atoms with Crippen molar-refractivity contribution in [2.75, 3.05) is 29.9 Å². The smallest absolute Gasteiger partial charge is 0.224 e. The minimum absolute atomic E-state index is 0.0429. The van der Waals surface area contributed by atoms with Crippen LogP contribution in [0.15, 0.2) is 48.5 Å². The van der Waals surface area contributed by atoms with Gasteiger partial charge in [0.05, 0.1) is 6.61 Å². The zero-order valence-corrected chi connectivity index (χ0v) is 16.4. The topological polar surface area (TPSA) is 58.6 Å². The Kier molecular flexibility index (Phi) is 7.06. The first kappa shape index (κ1) is 19.9. The summed E-state index contributed by atoms with van der Waals surface area (Å²) < 4.78 is 5.37. The van der Waals surface area contributed by atoms with Crippen LogP contribution in [0.5, 0.6) is 5.75 Å². The van der Waals surface area contributed by atoms with E-state index in [1.165, 1.54) is 24.9 Å². The average Bonchev–Trinajstić information content (AvgIpc) is 2.74. The van der Waals surface area contributed by atoms with Crippen LogP contribution in [0.1, 0.15) is 49.4 Å². The van der Waals surface area contributed by atoms with E-state index in [0.717, 1.165) is 24.5 Å². The number of carbonyl (C=O) groups is 2. The van der Waals surface area contributed by atoms with Crippen molar-refractivity contribution in [3.63, 3.8) is 0 Å². The van der Waals surface area contributed by atoms with E-state index in [-0.39, 0.29) is 24.5 Å². The fourth-order valence-electron chi connectivity index (χ4n) is 3.41. The standard InChI is InChI=1S/C23H28N2O3/c1-2-28-21-12-6-18(7-13-21)22(26)14-15-23(27)24-19-8-10-20(11-9-19)25-16-4-3-5-17-25/h6-13H,2-5,14-17H2,1H3,(H,24,27). The maximum atomic E-state index is 12.3. The van der Waals surface area contributed by atoms with E-state index in [1.54, 1.807) is 24.3 Å². The van der Waals surface area contributed by atoms with Gasteiger partial charge < -0.3 is 15.0 Å². The summed E-state index contributed by atoms with van der Waals surface area (Å²) in [6, 6.07) is 15.0. The summed E-state index contributed by atoms with van der Waals surface area (Å²) in [4.78, 5) is 26.8. The molecule has 1 fully saturated rings.